The fraction of sp³-hybridized carbons (Fsp3) is 0.565. The third-order valence-corrected chi connectivity index (χ3v) is 6.21. The van der Waals surface area contributed by atoms with E-state index in [-0.39, 0.29) is 24.5 Å². The van der Waals surface area contributed by atoms with Gasteiger partial charge in [0.05, 0.1) is 6.61 Å². The molecule has 0 fully saturated rings. The number of carboxylic acids is 1. The van der Waals surface area contributed by atoms with Crippen LogP contribution in [0.15, 0.2) is 24.3 Å². The highest BCUT2D eigenvalue weighted by molar-refractivity contribution is 7.98. The van der Waals surface area contributed by atoms with E-state index in [0.29, 0.717) is 17.7 Å². The van der Waals surface area contributed by atoms with Gasteiger partial charge in [0.15, 0.2) is 0 Å². The van der Waals surface area contributed by atoms with E-state index >= 15 is 0 Å². The summed E-state index contributed by atoms with van der Waals surface area (Å²) in [6.45, 7) is 2.97. The Morgan fingerprint density at radius 2 is 1.60 bits per heavy atom. The van der Waals surface area contributed by atoms with E-state index in [0.717, 1.165) is 0 Å². The summed E-state index contributed by atoms with van der Waals surface area (Å²) in [5.41, 5.74) is 6.17. The second-order valence-corrected chi connectivity index (χ2v) is 9.26. The van der Waals surface area contributed by atoms with Crippen LogP contribution in [0.4, 0.5) is 0 Å². The Labute approximate surface area is 209 Å². The van der Waals surface area contributed by atoms with Crippen LogP contribution >= 0.6 is 11.8 Å². The van der Waals surface area contributed by atoms with E-state index < -0.39 is 54.5 Å². The zero-order valence-electron chi connectivity index (χ0n) is 20.2. The van der Waals surface area contributed by atoms with Gasteiger partial charge >= 0.3 is 5.97 Å². The lowest BCUT2D eigenvalue weighted by Gasteiger charge is -2.28. The van der Waals surface area contributed by atoms with Crippen molar-refractivity contribution in [3.8, 4) is 5.75 Å². The molecular formula is C23H36N4O7S. The zero-order valence-corrected chi connectivity index (χ0v) is 21.0. The number of rotatable bonds is 15. The number of hydrogen-bond donors (Lipinski definition) is 7. The van der Waals surface area contributed by atoms with Gasteiger partial charge in [-0.25, -0.2) is 4.79 Å². The Hall–Kier alpha value is -2.83. The Morgan fingerprint density at radius 3 is 2.11 bits per heavy atom. The van der Waals surface area contributed by atoms with Crippen molar-refractivity contribution in [2.75, 3.05) is 18.6 Å². The minimum absolute atomic E-state index is 0.0179. The molecule has 12 heteroatoms. The van der Waals surface area contributed by atoms with E-state index in [1.54, 1.807) is 19.1 Å². The molecule has 0 aliphatic heterocycles. The molecule has 0 heterocycles. The number of carbonyl (C=O) groups excluding carboxylic acids is 3. The van der Waals surface area contributed by atoms with Crippen molar-refractivity contribution in [1.29, 1.82) is 0 Å². The van der Waals surface area contributed by atoms with Crippen molar-refractivity contribution in [1.82, 2.24) is 16.0 Å². The molecule has 11 nitrogen and oxygen atoms in total. The van der Waals surface area contributed by atoms with Crippen LogP contribution in [0, 0.1) is 5.92 Å². The van der Waals surface area contributed by atoms with Gasteiger partial charge in [-0.2, -0.15) is 11.8 Å². The summed E-state index contributed by atoms with van der Waals surface area (Å²) in [6.07, 6.45) is 2.56. The van der Waals surface area contributed by atoms with Gasteiger partial charge in [-0.15, -0.1) is 0 Å². The third-order valence-electron chi connectivity index (χ3n) is 5.56. The average Bonchev–Trinajstić information content (AvgIpc) is 2.84. The molecule has 0 radical (unpaired) electrons. The van der Waals surface area contributed by atoms with Gasteiger partial charge in [0.25, 0.3) is 0 Å². The molecule has 5 atom stereocenters. The lowest BCUT2D eigenvalue weighted by atomic mass is 9.96. The Bertz CT molecular complexity index is 853. The first-order chi connectivity index (χ1) is 16.5. The fourth-order valence-corrected chi connectivity index (χ4v) is 3.62. The SMILES string of the molecule is CCC(C)C(NC(=O)C(N)CO)C(=O)NC(Cc1ccc(O)cc1)C(=O)NC(CCSC)C(=O)O. The summed E-state index contributed by atoms with van der Waals surface area (Å²) in [5, 5.41) is 35.8. The van der Waals surface area contributed by atoms with Gasteiger partial charge in [-0.05, 0) is 42.0 Å². The quantitative estimate of drug-likeness (QED) is 0.164. The van der Waals surface area contributed by atoms with E-state index in [1.807, 2.05) is 13.2 Å². The first kappa shape index (κ1) is 30.2. The largest absolute Gasteiger partial charge is 0.508 e. The Morgan fingerprint density at radius 1 is 1.00 bits per heavy atom. The highest BCUT2D eigenvalue weighted by Crippen LogP contribution is 2.13. The number of nitrogens with one attached hydrogen (secondary N) is 3. The van der Waals surface area contributed by atoms with Crippen LogP contribution in [-0.4, -0.2) is 81.8 Å². The van der Waals surface area contributed by atoms with E-state index in [4.69, 9.17) is 10.8 Å². The molecule has 0 aliphatic rings. The summed E-state index contributed by atoms with van der Waals surface area (Å²) < 4.78 is 0. The second-order valence-electron chi connectivity index (χ2n) is 8.27. The molecule has 0 aliphatic carbocycles. The lowest BCUT2D eigenvalue weighted by molar-refractivity contribution is -0.142. The Balaban J connectivity index is 3.16. The van der Waals surface area contributed by atoms with Gasteiger partial charge < -0.3 is 37.0 Å². The molecular weight excluding hydrogens is 476 g/mol. The summed E-state index contributed by atoms with van der Waals surface area (Å²) in [7, 11) is 0. The number of phenolic OH excluding ortho intramolecular Hbond substituents is 1. The molecule has 0 aromatic heterocycles. The molecule has 8 N–H and O–H groups in total. The maximum Gasteiger partial charge on any atom is 0.326 e. The number of benzene rings is 1. The lowest BCUT2D eigenvalue weighted by Crippen LogP contribution is -2.59. The molecule has 1 aromatic carbocycles. The highest BCUT2D eigenvalue weighted by atomic mass is 32.2. The topological polar surface area (TPSA) is 191 Å². The van der Waals surface area contributed by atoms with Gasteiger partial charge in [-0.1, -0.05) is 32.4 Å². The van der Waals surface area contributed by atoms with Crippen LogP contribution in [-0.2, 0) is 25.6 Å². The normalized spacial score (nSPS) is 15.2. The number of amides is 3. The van der Waals surface area contributed by atoms with Crippen LogP contribution in [0.25, 0.3) is 0 Å². The summed E-state index contributed by atoms with van der Waals surface area (Å²) in [5.74, 6) is -3.02. The third kappa shape index (κ3) is 10.1. The van der Waals surface area contributed by atoms with Gasteiger partial charge in [0.2, 0.25) is 17.7 Å². The number of aliphatic hydroxyl groups is 1. The number of aromatic hydroxyl groups is 1. The smallest absolute Gasteiger partial charge is 0.326 e. The summed E-state index contributed by atoms with van der Waals surface area (Å²) in [6, 6.07) is 1.49. The monoisotopic (exact) mass is 512 g/mol. The molecule has 196 valence electrons. The first-order valence-electron chi connectivity index (χ1n) is 11.3. The maximum atomic E-state index is 13.2. The first-order valence-corrected chi connectivity index (χ1v) is 12.7. The van der Waals surface area contributed by atoms with Gasteiger partial charge in [0.1, 0.15) is 29.9 Å². The highest BCUT2D eigenvalue weighted by Gasteiger charge is 2.32. The predicted molar refractivity (Wildman–Crippen MR) is 133 cm³/mol. The molecule has 1 aromatic rings. The van der Waals surface area contributed by atoms with E-state index in [2.05, 4.69) is 16.0 Å². The van der Waals surface area contributed by atoms with Crippen molar-refractivity contribution in [2.24, 2.45) is 11.7 Å². The molecule has 0 spiro atoms. The number of carboxylic acid groups (broad SMARTS) is 1. The molecule has 0 saturated heterocycles. The van der Waals surface area contributed by atoms with Gasteiger partial charge in [-0.3, -0.25) is 14.4 Å². The van der Waals surface area contributed by atoms with Crippen molar-refractivity contribution < 1.29 is 34.5 Å². The van der Waals surface area contributed by atoms with Crippen LogP contribution in [0.3, 0.4) is 0 Å². The number of thioether (sulfide) groups is 1. The van der Waals surface area contributed by atoms with Crippen LogP contribution in [0.2, 0.25) is 0 Å². The number of carbonyl (C=O) groups is 4. The number of phenols is 1. The maximum absolute atomic E-state index is 13.2. The minimum Gasteiger partial charge on any atom is -0.508 e. The predicted octanol–water partition coefficient (Wildman–Crippen LogP) is -0.407. The van der Waals surface area contributed by atoms with Crippen molar-refractivity contribution >= 4 is 35.5 Å². The minimum atomic E-state index is -1.21. The van der Waals surface area contributed by atoms with Crippen molar-refractivity contribution in [2.45, 2.75) is 57.3 Å². The number of aliphatic carboxylic acids is 1. The fourth-order valence-electron chi connectivity index (χ4n) is 3.15. The molecule has 0 bridgehead atoms. The summed E-state index contributed by atoms with van der Waals surface area (Å²) >= 11 is 1.44. The Kier molecular flexibility index (Phi) is 13.1. The van der Waals surface area contributed by atoms with Crippen molar-refractivity contribution in [3.05, 3.63) is 29.8 Å². The van der Waals surface area contributed by atoms with Crippen molar-refractivity contribution in [3.63, 3.8) is 0 Å². The molecule has 5 unspecified atom stereocenters. The number of nitrogens with two attached hydrogens (primary N) is 1. The van der Waals surface area contributed by atoms with Crippen LogP contribution in [0.1, 0.15) is 32.3 Å². The second kappa shape index (κ2) is 15.2. The van der Waals surface area contributed by atoms with Crippen LogP contribution in [0.5, 0.6) is 5.75 Å². The molecule has 35 heavy (non-hydrogen) atoms. The number of hydrogen-bond acceptors (Lipinski definition) is 8. The van der Waals surface area contributed by atoms with Gasteiger partial charge in [0, 0.05) is 6.42 Å². The van der Waals surface area contributed by atoms with E-state index in [9.17, 15) is 29.4 Å². The van der Waals surface area contributed by atoms with Crippen LogP contribution < -0.4 is 21.7 Å². The number of aliphatic hydroxyl groups excluding tert-OH is 1. The average molecular weight is 513 g/mol. The summed E-state index contributed by atoms with van der Waals surface area (Å²) in [4.78, 5) is 50.1. The zero-order chi connectivity index (χ0) is 26.5. The standard InChI is InChI=1S/C23H36N4O7S/c1-4-13(2)19(27-20(30)16(24)12-28)22(32)26-18(11-14-5-7-15(29)8-6-14)21(31)25-17(23(33)34)9-10-35-3/h5-8,13,16-19,28-29H,4,9-12,24H2,1-3H3,(H,25,31)(H,26,32)(H,27,30)(H,33,34). The molecule has 0 saturated carbocycles. The molecule has 3 amide bonds. The molecule has 1 rings (SSSR count). The van der Waals surface area contributed by atoms with E-state index in [1.165, 1.54) is 23.9 Å².